The Kier molecular flexibility index (Phi) is 9.60. The number of hydrogen-bond acceptors (Lipinski definition) is 6. The van der Waals surface area contributed by atoms with Crippen molar-refractivity contribution in [2.45, 2.75) is 6.73 Å². The monoisotopic (exact) mass is 285 g/mol. The van der Waals surface area contributed by atoms with E-state index in [1.807, 2.05) is 0 Å². The number of H-pyrrole nitrogens is 1. The number of nitrogens with one attached hydrogen (secondary N) is 1. The fourth-order valence-electron chi connectivity index (χ4n) is 1.29. The van der Waals surface area contributed by atoms with E-state index in [0.29, 0.717) is 5.65 Å². The van der Waals surface area contributed by atoms with E-state index >= 15 is 0 Å². The van der Waals surface area contributed by atoms with Crippen LogP contribution in [0.5, 0.6) is 0 Å². The molecule has 2 rings (SSSR count). The molecule has 0 amide bonds. The first-order valence-corrected chi connectivity index (χ1v) is 4.61. The van der Waals surface area contributed by atoms with Gasteiger partial charge in [0.1, 0.15) is 6.73 Å². The van der Waals surface area contributed by atoms with Crippen LogP contribution in [0.15, 0.2) is 11.1 Å². The Hall–Kier alpha value is -1.01. The van der Waals surface area contributed by atoms with E-state index in [-0.39, 0.29) is 78.9 Å². The Balaban J connectivity index is -0.000000722. The van der Waals surface area contributed by atoms with Crippen LogP contribution in [0.2, 0.25) is 0 Å². The predicted octanol–water partition coefficient (Wildman–Crippen LogP) is -5.86. The van der Waals surface area contributed by atoms with Crippen molar-refractivity contribution in [3.63, 3.8) is 0 Å². The summed E-state index contributed by atoms with van der Waals surface area (Å²) in [5.41, 5.74) is 5.60. The quantitative estimate of drug-likeness (QED) is 0.371. The third-order valence-electron chi connectivity index (χ3n) is 1.96. The second kappa shape index (κ2) is 8.98. The maximum atomic E-state index is 11.4. The SMILES string of the molecule is Nc1nc2c(ncn2COCCO)c(=O)[nH]1.O.O.[H-].[Na+]. The second-order valence-corrected chi connectivity index (χ2v) is 3.10. The van der Waals surface area contributed by atoms with E-state index in [2.05, 4.69) is 15.0 Å². The van der Waals surface area contributed by atoms with Gasteiger partial charge in [-0.2, -0.15) is 4.98 Å². The fraction of sp³-hybridized carbons (Fsp3) is 0.375. The minimum Gasteiger partial charge on any atom is -1.00 e. The molecule has 0 fully saturated rings. The van der Waals surface area contributed by atoms with Gasteiger partial charge in [0.15, 0.2) is 11.2 Å². The summed E-state index contributed by atoms with van der Waals surface area (Å²) in [5, 5.41) is 8.56. The van der Waals surface area contributed by atoms with Gasteiger partial charge in [0.25, 0.3) is 5.56 Å². The number of imidazole rings is 1. The van der Waals surface area contributed by atoms with E-state index < -0.39 is 0 Å². The molecule has 2 aromatic rings. The van der Waals surface area contributed by atoms with E-state index in [1.165, 1.54) is 10.9 Å². The van der Waals surface area contributed by atoms with Crippen LogP contribution in [0, 0.1) is 0 Å². The van der Waals surface area contributed by atoms with Crippen molar-refractivity contribution in [1.82, 2.24) is 19.5 Å². The minimum atomic E-state index is -0.386. The fourth-order valence-corrected chi connectivity index (χ4v) is 1.29. The summed E-state index contributed by atoms with van der Waals surface area (Å²) in [6.45, 7) is 0.300. The van der Waals surface area contributed by atoms with Crippen molar-refractivity contribution in [2.75, 3.05) is 18.9 Å². The van der Waals surface area contributed by atoms with Crippen LogP contribution in [-0.4, -0.2) is 48.8 Å². The number of nitrogens with two attached hydrogens (primary N) is 1. The third kappa shape index (κ3) is 4.54. The Bertz CT molecular complexity index is 562. The first kappa shape index (κ1) is 20.3. The van der Waals surface area contributed by atoms with Gasteiger partial charge in [0.2, 0.25) is 5.95 Å². The van der Waals surface area contributed by atoms with Crippen molar-refractivity contribution >= 4 is 17.1 Å². The molecule has 0 radical (unpaired) electrons. The summed E-state index contributed by atoms with van der Waals surface area (Å²) in [6.07, 6.45) is 1.43. The second-order valence-electron chi connectivity index (χ2n) is 3.10. The van der Waals surface area contributed by atoms with Gasteiger partial charge in [-0.15, -0.1) is 0 Å². The number of fused-ring (bicyclic) bond motifs is 1. The molecule has 0 spiro atoms. The van der Waals surface area contributed by atoms with Crippen LogP contribution in [-0.2, 0) is 11.5 Å². The topological polar surface area (TPSA) is 182 Å². The Morgan fingerprint density at radius 2 is 2.21 bits per heavy atom. The number of aromatic amines is 1. The molecule has 0 aliphatic heterocycles. The molecule has 0 unspecified atom stereocenters. The predicted molar refractivity (Wildman–Crippen MR) is 63.9 cm³/mol. The van der Waals surface area contributed by atoms with Gasteiger partial charge in [-0.25, -0.2) is 4.98 Å². The van der Waals surface area contributed by atoms with Gasteiger partial charge in [0, 0.05) is 0 Å². The summed E-state index contributed by atoms with van der Waals surface area (Å²) in [7, 11) is 0. The van der Waals surface area contributed by atoms with Crippen molar-refractivity contribution in [3.05, 3.63) is 16.7 Å². The molecule has 19 heavy (non-hydrogen) atoms. The molecule has 104 valence electrons. The zero-order chi connectivity index (χ0) is 11.5. The van der Waals surface area contributed by atoms with Crippen molar-refractivity contribution in [1.29, 1.82) is 0 Å². The summed E-state index contributed by atoms with van der Waals surface area (Å²) >= 11 is 0. The van der Waals surface area contributed by atoms with Crippen molar-refractivity contribution in [3.8, 4) is 0 Å². The molecule has 2 heterocycles. The number of anilines is 1. The van der Waals surface area contributed by atoms with Crippen LogP contribution < -0.4 is 40.9 Å². The average Bonchev–Trinajstić information content (AvgIpc) is 2.62. The molecule has 2 aromatic heterocycles. The van der Waals surface area contributed by atoms with Gasteiger partial charge in [-0.3, -0.25) is 14.3 Å². The normalized spacial score (nSPS) is 9.32. The van der Waals surface area contributed by atoms with E-state index in [9.17, 15) is 4.79 Å². The number of nitrogens with zero attached hydrogens (tertiary/aromatic N) is 3. The number of hydrogen-bond donors (Lipinski definition) is 3. The molecular weight excluding hydrogens is 269 g/mol. The van der Waals surface area contributed by atoms with Crippen molar-refractivity contribution < 1.29 is 51.8 Å². The smallest absolute Gasteiger partial charge is 1.00 e. The largest absolute Gasteiger partial charge is 1.00 e. The minimum absolute atomic E-state index is 0. The third-order valence-corrected chi connectivity index (χ3v) is 1.96. The van der Waals surface area contributed by atoms with E-state index in [0.717, 1.165) is 0 Å². The molecule has 10 nitrogen and oxygen atoms in total. The zero-order valence-electron chi connectivity index (χ0n) is 11.4. The van der Waals surface area contributed by atoms with Crippen LogP contribution in [0.1, 0.15) is 1.43 Å². The molecule has 8 N–H and O–H groups in total. The maximum Gasteiger partial charge on any atom is 1.00 e. The number of rotatable bonds is 4. The number of aliphatic hydroxyl groups is 1. The van der Waals surface area contributed by atoms with Gasteiger partial charge < -0.3 is 28.0 Å². The van der Waals surface area contributed by atoms with Crippen LogP contribution in [0.4, 0.5) is 5.95 Å². The number of nitrogen functional groups attached to an aromatic ring is 1. The first-order valence-electron chi connectivity index (χ1n) is 4.61. The standard InChI is InChI=1S/C8H11N5O3.Na.2H2O.H/c9-8-11-6-5(7(15)12-8)10-3-13(6)4-16-2-1-14;;;;/h3,14H,1-2,4H2,(H3,9,11,12,15);;2*1H2;/q;+1;;;-1. The molecule has 0 atom stereocenters. The number of aromatic nitrogens is 4. The van der Waals surface area contributed by atoms with E-state index in [1.54, 1.807) is 0 Å². The molecule has 0 saturated carbocycles. The summed E-state index contributed by atoms with van der Waals surface area (Å²) in [6, 6.07) is 0. The summed E-state index contributed by atoms with van der Waals surface area (Å²) in [5.74, 6) is 0.0291. The molecule has 0 saturated heterocycles. The van der Waals surface area contributed by atoms with Crippen LogP contribution in [0.25, 0.3) is 11.2 Å². The molecule has 0 aromatic carbocycles. The molecule has 0 bridgehead atoms. The number of ether oxygens (including phenoxy) is 1. The van der Waals surface area contributed by atoms with E-state index in [4.69, 9.17) is 15.6 Å². The molecular formula is C8H16N5NaO5. The maximum absolute atomic E-state index is 11.4. The Morgan fingerprint density at radius 1 is 1.53 bits per heavy atom. The first-order chi connectivity index (χ1) is 7.72. The molecule has 0 aliphatic rings. The number of aliphatic hydroxyl groups excluding tert-OH is 1. The Labute approximate surface area is 131 Å². The summed E-state index contributed by atoms with van der Waals surface area (Å²) in [4.78, 5) is 21.6. The molecule has 0 aliphatic carbocycles. The average molecular weight is 285 g/mol. The van der Waals surface area contributed by atoms with Gasteiger partial charge in [0.05, 0.1) is 19.5 Å². The Morgan fingerprint density at radius 3 is 2.84 bits per heavy atom. The van der Waals surface area contributed by atoms with Crippen LogP contribution in [0.3, 0.4) is 0 Å². The van der Waals surface area contributed by atoms with Gasteiger partial charge in [-0.1, -0.05) is 0 Å². The molecule has 11 heteroatoms. The summed E-state index contributed by atoms with van der Waals surface area (Å²) < 4.78 is 6.63. The zero-order valence-corrected chi connectivity index (χ0v) is 12.4. The van der Waals surface area contributed by atoms with Crippen LogP contribution >= 0.6 is 0 Å². The van der Waals surface area contributed by atoms with Gasteiger partial charge >= 0.3 is 29.6 Å². The van der Waals surface area contributed by atoms with Crippen molar-refractivity contribution in [2.24, 2.45) is 0 Å². The van der Waals surface area contributed by atoms with Gasteiger partial charge in [-0.05, 0) is 0 Å².